The zero-order valence-electron chi connectivity index (χ0n) is 12.9. The van der Waals surface area contributed by atoms with Crippen LogP contribution in [0.15, 0.2) is 48.7 Å². The quantitative estimate of drug-likeness (QED) is 0.735. The van der Waals surface area contributed by atoms with E-state index in [-0.39, 0.29) is 6.10 Å². The minimum Gasteiger partial charge on any atom is -0.485 e. The second-order valence-corrected chi connectivity index (χ2v) is 6.16. The van der Waals surface area contributed by atoms with E-state index < -0.39 is 0 Å². The second-order valence-electron chi connectivity index (χ2n) is 5.36. The van der Waals surface area contributed by atoms with Gasteiger partial charge in [-0.2, -0.15) is 4.37 Å². The summed E-state index contributed by atoms with van der Waals surface area (Å²) in [5.41, 5.74) is 2.45. The molecule has 1 N–H and O–H groups in total. The van der Waals surface area contributed by atoms with Gasteiger partial charge in [-0.25, -0.2) is 0 Å². The van der Waals surface area contributed by atoms with Gasteiger partial charge in [-0.05, 0) is 49.2 Å². The Balaban J connectivity index is 1.92. The molecule has 22 heavy (non-hydrogen) atoms. The molecule has 114 valence electrons. The summed E-state index contributed by atoms with van der Waals surface area (Å²) in [6.45, 7) is 3.02. The average Bonchev–Trinajstić information content (AvgIpc) is 3.05. The van der Waals surface area contributed by atoms with Crippen molar-refractivity contribution in [1.29, 1.82) is 0 Å². The van der Waals surface area contributed by atoms with E-state index in [1.165, 1.54) is 27.4 Å². The molecule has 1 atom stereocenters. The van der Waals surface area contributed by atoms with Crippen molar-refractivity contribution in [3.8, 4) is 5.75 Å². The van der Waals surface area contributed by atoms with E-state index in [0.29, 0.717) is 0 Å². The van der Waals surface area contributed by atoms with Gasteiger partial charge in [-0.3, -0.25) is 0 Å². The number of benzene rings is 2. The fourth-order valence-corrected chi connectivity index (χ4v) is 3.29. The molecule has 4 heteroatoms. The largest absolute Gasteiger partial charge is 0.485 e. The summed E-state index contributed by atoms with van der Waals surface area (Å²) in [5.74, 6) is 0.916. The highest BCUT2D eigenvalue weighted by molar-refractivity contribution is 7.13. The lowest BCUT2D eigenvalue weighted by molar-refractivity contribution is 0.197. The highest BCUT2D eigenvalue weighted by Crippen LogP contribution is 2.34. The maximum Gasteiger partial charge on any atom is 0.130 e. The summed E-state index contributed by atoms with van der Waals surface area (Å²) in [4.78, 5) is 0. The van der Waals surface area contributed by atoms with Crippen LogP contribution in [0.3, 0.4) is 0 Å². The van der Waals surface area contributed by atoms with E-state index in [4.69, 9.17) is 4.74 Å². The number of aryl methyl sites for hydroxylation is 1. The molecule has 3 rings (SSSR count). The average molecular weight is 312 g/mol. The minimum absolute atomic E-state index is 0.0412. The zero-order valence-corrected chi connectivity index (χ0v) is 13.7. The van der Waals surface area contributed by atoms with Gasteiger partial charge in [0.15, 0.2) is 0 Å². The van der Waals surface area contributed by atoms with Gasteiger partial charge in [0, 0.05) is 6.42 Å². The number of nitrogens with one attached hydrogen (secondary N) is 1. The van der Waals surface area contributed by atoms with Crippen LogP contribution < -0.4 is 10.1 Å². The van der Waals surface area contributed by atoms with E-state index >= 15 is 0 Å². The van der Waals surface area contributed by atoms with Crippen LogP contribution in [0.4, 0.5) is 0 Å². The van der Waals surface area contributed by atoms with Crippen molar-refractivity contribution < 1.29 is 4.74 Å². The van der Waals surface area contributed by atoms with Crippen molar-refractivity contribution >= 4 is 21.6 Å². The van der Waals surface area contributed by atoms with Crippen LogP contribution in [0.1, 0.15) is 23.7 Å². The lowest BCUT2D eigenvalue weighted by atomic mass is 10.1. The van der Waals surface area contributed by atoms with Crippen LogP contribution in [-0.4, -0.2) is 18.0 Å². The van der Waals surface area contributed by atoms with Gasteiger partial charge in [-0.15, -0.1) is 0 Å². The van der Waals surface area contributed by atoms with Crippen molar-refractivity contribution in [2.75, 3.05) is 13.6 Å². The first-order valence-electron chi connectivity index (χ1n) is 7.50. The predicted molar refractivity (Wildman–Crippen MR) is 92.7 cm³/mol. The molecule has 0 aliphatic heterocycles. The molecule has 3 nitrogen and oxygen atoms in total. The Morgan fingerprint density at radius 3 is 2.77 bits per heavy atom. The first kappa shape index (κ1) is 15.0. The molecule has 0 spiro atoms. The standard InChI is InChI=1S/C18H20N2OS/c1-13-8-9-17(15-12-20-22-18(13)15)21-16(10-11-19-2)14-6-4-3-5-7-14/h3-9,12,16,19H,10-11H2,1-2H3. The number of rotatable bonds is 6. The summed E-state index contributed by atoms with van der Waals surface area (Å²) < 4.78 is 11.9. The van der Waals surface area contributed by atoms with E-state index in [1.807, 2.05) is 19.3 Å². The number of nitrogens with zero attached hydrogens (tertiary/aromatic N) is 1. The predicted octanol–water partition coefficient (Wildman–Crippen LogP) is 4.33. The van der Waals surface area contributed by atoms with Crippen LogP contribution in [0.5, 0.6) is 5.75 Å². The Morgan fingerprint density at radius 2 is 2.00 bits per heavy atom. The van der Waals surface area contributed by atoms with E-state index in [0.717, 1.165) is 24.1 Å². The van der Waals surface area contributed by atoms with Crippen LogP contribution in [-0.2, 0) is 0 Å². The van der Waals surface area contributed by atoms with Crippen LogP contribution in [0, 0.1) is 6.92 Å². The highest BCUT2D eigenvalue weighted by Gasteiger charge is 2.15. The summed E-state index contributed by atoms with van der Waals surface area (Å²) in [6.07, 6.45) is 2.87. The third kappa shape index (κ3) is 3.13. The number of hydrogen-bond acceptors (Lipinski definition) is 4. The Hall–Kier alpha value is -1.91. The molecule has 0 amide bonds. The van der Waals surface area contributed by atoms with Gasteiger partial charge in [0.1, 0.15) is 11.9 Å². The third-order valence-electron chi connectivity index (χ3n) is 3.78. The molecule has 3 aromatic rings. The number of fused-ring (bicyclic) bond motifs is 1. The Kier molecular flexibility index (Phi) is 4.71. The maximum atomic E-state index is 6.36. The topological polar surface area (TPSA) is 34.1 Å². The first-order valence-corrected chi connectivity index (χ1v) is 8.27. The van der Waals surface area contributed by atoms with Crippen LogP contribution >= 0.6 is 11.5 Å². The third-order valence-corrected chi connectivity index (χ3v) is 4.71. The molecule has 0 aliphatic rings. The van der Waals surface area contributed by atoms with Crippen molar-refractivity contribution in [3.63, 3.8) is 0 Å². The van der Waals surface area contributed by atoms with E-state index in [9.17, 15) is 0 Å². The molecule has 0 bridgehead atoms. The van der Waals surface area contributed by atoms with Gasteiger partial charge in [0.05, 0.1) is 16.3 Å². The molecular weight excluding hydrogens is 292 g/mol. The van der Waals surface area contributed by atoms with E-state index in [1.54, 1.807) is 0 Å². The second kappa shape index (κ2) is 6.90. The number of hydrogen-bond donors (Lipinski definition) is 1. The Morgan fingerprint density at radius 1 is 1.18 bits per heavy atom. The lowest BCUT2D eigenvalue weighted by Gasteiger charge is -2.20. The van der Waals surface area contributed by atoms with Gasteiger partial charge < -0.3 is 10.1 Å². The van der Waals surface area contributed by atoms with E-state index in [2.05, 4.69) is 53.0 Å². The minimum atomic E-state index is 0.0412. The lowest BCUT2D eigenvalue weighted by Crippen LogP contribution is -2.16. The fraction of sp³-hybridized carbons (Fsp3) is 0.278. The molecule has 0 saturated heterocycles. The van der Waals surface area contributed by atoms with Crippen LogP contribution in [0.2, 0.25) is 0 Å². The fourth-order valence-electron chi connectivity index (χ4n) is 2.56. The smallest absolute Gasteiger partial charge is 0.130 e. The van der Waals surface area contributed by atoms with Crippen molar-refractivity contribution in [1.82, 2.24) is 9.69 Å². The van der Waals surface area contributed by atoms with Gasteiger partial charge >= 0.3 is 0 Å². The molecular formula is C18H20N2OS. The van der Waals surface area contributed by atoms with Crippen molar-refractivity contribution in [3.05, 3.63) is 59.8 Å². The SMILES string of the molecule is CNCCC(Oc1ccc(C)c2sncc12)c1ccccc1. The molecule has 2 aromatic carbocycles. The van der Waals surface area contributed by atoms with Crippen molar-refractivity contribution in [2.45, 2.75) is 19.4 Å². The van der Waals surface area contributed by atoms with Gasteiger partial charge in [0.2, 0.25) is 0 Å². The van der Waals surface area contributed by atoms with Gasteiger partial charge in [0.25, 0.3) is 0 Å². The summed E-state index contributed by atoms with van der Waals surface area (Å²) in [7, 11) is 1.97. The monoisotopic (exact) mass is 312 g/mol. The Labute approximate surface area is 135 Å². The summed E-state index contributed by atoms with van der Waals surface area (Å²) in [5, 5.41) is 4.31. The highest BCUT2D eigenvalue weighted by atomic mass is 32.1. The maximum absolute atomic E-state index is 6.36. The molecule has 1 aromatic heterocycles. The first-order chi connectivity index (χ1) is 10.8. The number of ether oxygens (including phenoxy) is 1. The molecule has 0 aliphatic carbocycles. The zero-order chi connectivity index (χ0) is 15.4. The molecule has 1 heterocycles. The van der Waals surface area contributed by atoms with Gasteiger partial charge in [-0.1, -0.05) is 36.4 Å². The Bertz CT molecular complexity index is 739. The normalized spacial score (nSPS) is 12.5. The summed E-state index contributed by atoms with van der Waals surface area (Å²) >= 11 is 1.53. The van der Waals surface area contributed by atoms with Crippen LogP contribution in [0.25, 0.3) is 10.1 Å². The number of aromatic nitrogens is 1. The molecule has 0 saturated carbocycles. The molecule has 0 radical (unpaired) electrons. The molecule has 1 unspecified atom stereocenters. The molecule has 0 fully saturated rings. The summed E-state index contributed by atoms with van der Waals surface area (Å²) in [6, 6.07) is 14.6. The van der Waals surface area contributed by atoms with Crippen molar-refractivity contribution in [2.24, 2.45) is 0 Å².